The van der Waals surface area contributed by atoms with Gasteiger partial charge in [-0.25, -0.2) is 0 Å². The molecular weight excluding hydrogens is 300 g/mol. The van der Waals surface area contributed by atoms with Crippen LogP contribution in [-0.4, -0.2) is 48.7 Å². The Morgan fingerprint density at radius 3 is 2.75 bits per heavy atom. The maximum atomic E-state index is 6.00. The Morgan fingerprint density at radius 1 is 1.21 bits per heavy atom. The van der Waals surface area contributed by atoms with Crippen molar-refractivity contribution in [3.63, 3.8) is 0 Å². The Hall–Kier alpha value is -1.98. The number of ether oxygens (including phenoxy) is 1. The van der Waals surface area contributed by atoms with Crippen molar-refractivity contribution in [2.24, 2.45) is 0 Å². The van der Waals surface area contributed by atoms with Gasteiger partial charge in [0.1, 0.15) is 6.10 Å². The normalized spacial score (nSPS) is 18.6. The number of anilines is 1. The molecular formula is C19H26N4O. The minimum atomic E-state index is 0.0238. The molecule has 5 nitrogen and oxygen atoms in total. The summed E-state index contributed by atoms with van der Waals surface area (Å²) in [5.41, 5.74) is 5.51. The van der Waals surface area contributed by atoms with Crippen molar-refractivity contribution in [3.8, 4) is 0 Å². The van der Waals surface area contributed by atoms with Crippen LogP contribution in [0.2, 0.25) is 0 Å². The minimum absolute atomic E-state index is 0.0238. The molecule has 0 saturated carbocycles. The summed E-state index contributed by atoms with van der Waals surface area (Å²) >= 11 is 0. The van der Waals surface area contributed by atoms with Crippen LogP contribution in [0.25, 0.3) is 0 Å². The molecule has 1 aliphatic heterocycles. The van der Waals surface area contributed by atoms with E-state index >= 15 is 0 Å². The maximum absolute atomic E-state index is 6.00. The Bertz CT molecular complexity index is 684. The molecule has 2 aromatic heterocycles. The molecule has 0 aromatic carbocycles. The molecule has 2 aromatic rings. The highest BCUT2D eigenvalue weighted by Crippen LogP contribution is 2.25. The molecule has 1 saturated heterocycles. The van der Waals surface area contributed by atoms with Crippen LogP contribution in [0.15, 0.2) is 30.5 Å². The summed E-state index contributed by atoms with van der Waals surface area (Å²) in [6.45, 7) is 7.49. The smallest absolute Gasteiger partial charge is 0.112 e. The Balaban J connectivity index is 1.72. The molecule has 3 rings (SSSR count). The molecule has 5 heteroatoms. The van der Waals surface area contributed by atoms with Crippen molar-refractivity contribution in [2.75, 3.05) is 38.7 Å². The highest BCUT2D eigenvalue weighted by Gasteiger charge is 2.24. The third kappa shape index (κ3) is 4.10. The first-order chi connectivity index (χ1) is 11.5. The lowest BCUT2D eigenvalue weighted by Crippen LogP contribution is -2.38. The summed E-state index contributed by atoms with van der Waals surface area (Å²) in [7, 11) is 4.11. The summed E-state index contributed by atoms with van der Waals surface area (Å²) in [5.74, 6) is 0. The van der Waals surface area contributed by atoms with Crippen LogP contribution in [0.4, 0.5) is 5.69 Å². The van der Waals surface area contributed by atoms with Crippen molar-refractivity contribution >= 4 is 5.69 Å². The van der Waals surface area contributed by atoms with E-state index in [1.165, 1.54) is 11.3 Å². The van der Waals surface area contributed by atoms with E-state index < -0.39 is 0 Å². The second kappa shape index (κ2) is 7.28. The first kappa shape index (κ1) is 16.9. The second-order valence-electron chi connectivity index (χ2n) is 6.69. The molecule has 1 aliphatic rings. The largest absolute Gasteiger partial charge is 0.378 e. The van der Waals surface area contributed by atoms with Gasteiger partial charge in [0.15, 0.2) is 0 Å². The highest BCUT2D eigenvalue weighted by molar-refractivity contribution is 5.47. The molecule has 0 aliphatic carbocycles. The SMILES string of the molecule is Cc1ccc(CN2CCO[C@H](c3cc(N(C)C)cc(C)n3)C2)cn1. The first-order valence-corrected chi connectivity index (χ1v) is 8.42. The molecule has 1 fully saturated rings. The van der Waals surface area contributed by atoms with Gasteiger partial charge in [-0.1, -0.05) is 6.07 Å². The zero-order valence-electron chi connectivity index (χ0n) is 15.0. The van der Waals surface area contributed by atoms with Crippen LogP contribution in [-0.2, 0) is 11.3 Å². The molecule has 128 valence electrons. The number of morpholine rings is 1. The number of aromatic nitrogens is 2. The number of aryl methyl sites for hydroxylation is 2. The van der Waals surface area contributed by atoms with Crippen molar-refractivity contribution in [3.05, 3.63) is 53.1 Å². The van der Waals surface area contributed by atoms with E-state index in [1.54, 1.807) is 0 Å². The molecule has 3 heterocycles. The van der Waals surface area contributed by atoms with Gasteiger partial charge in [0.25, 0.3) is 0 Å². The van der Waals surface area contributed by atoms with Gasteiger partial charge < -0.3 is 9.64 Å². The second-order valence-corrected chi connectivity index (χ2v) is 6.69. The first-order valence-electron chi connectivity index (χ1n) is 8.42. The van der Waals surface area contributed by atoms with Gasteiger partial charge >= 0.3 is 0 Å². The van der Waals surface area contributed by atoms with E-state index in [1.807, 2.05) is 20.0 Å². The summed E-state index contributed by atoms with van der Waals surface area (Å²) in [6, 6.07) is 8.46. The zero-order chi connectivity index (χ0) is 17.1. The molecule has 0 bridgehead atoms. The van der Waals surface area contributed by atoms with Gasteiger partial charge in [0, 0.05) is 57.0 Å². The third-order valence-corrected chi connectivity index (χ3v) is 4.33. The van der Waals surface area contributed by atoms with Crippen molar-refractivity contribution in [2.45, 2.75) is 26.5 Å². The lowest BCUT2D eigenvalue weighted by atomic mass is 10.1. The third-order valence-electron chi connectivity index (χ3n) is 4.33. The van der Waals surface area contributed by atoms with Crippen LogP contribution in [0, 0.1) is 13.8 Å². The van der Waals surface area contributed by atoms with E-state index in [2.05, 4.69) is 53.1 Å². The predicted octanol–water partition coefficient (Wildman–Crippen LogP) is 2.73. The minimum Gasteiger partial charge on any atom is -0.378 e. The van der Waals surface area contributed by atoms with Gasteiger partial charge in [0.05, 0.1) is 12.3 Å². The number of hydrogen-bond acceptors (Lipinski definition) is 5. The van der Waals surface area contributed by atoms with Crippen molar-refractivity contribution in [1.82, 2.24) is 14.9 Å². The van der Waals surface area contributed by atoms with Gasteiger partial charge in [-0.2, -0.15) is 0 Å². The molecule has 24 heavy (non-hydrogen) atoms. The van der Waals surface area contributed by atoms with E-state index in [0.717, 1.165) is 43.3 Å². The lowest BCUT2D eigenvalue weighted by molar-refractivity contribution is -0.0350. The number of hydrogen-bond donors (Lipinski definition) is 0. The topological polar surface area (TPSA) is 41.5 Å². The van der Waals surface area contributed by atoms with Crippen LogP contribution in [0.3, 0.4) is 0 Å². The van der Waals surface area contributed by atoms with Crippen LogP contribution in [0.5, 0.6) is 0 Å². The molecule has 0 radical (unpaired) electrons. The quantitative estimate of drug-likeness (QED) is 0.864. The Kier molecular flexibility index (Phi) is 5.11. The van der Waals surface area contributed by atoms with Gasteiger partial charge in [0.2, 0.25) is 0 Å². The highest BCUT2D eigenvalue weighted by atomic mass is 16.5. The van der Waals surface area contributed by atoms with E-state index in [4.69, 9.17) is 9.72 Å². The summed E-state index contributed by atoms with van der Waals surface area (Å²) < 4.78 is 6.00. The molecule has 0 spiro atoms. The zero-order valence-corrected chi connectivity index (χ0v) is 15.0. The number of pyridine rings is 2. The monoisotopic (exact) mass is 326 g/mol. The molecule has 0 amide bonds. The van der Waals surface area contributed by atoms with E-state index in [9.17, 15) is 0 Å². The lowest BCUT2D eigenvalue weighted by Gasteiger charge is -2.33. The fourth-order valence-electron chi connectivity index (χ4n) is 2.97. The molecule has 0 N–H and O–H groups in total. The fourth-order valence-corrected chi connectivity index (χ4v) is 2.97. The number of rotatable bonds is 4. The van der Waals surface area contributed by atoms with Gasteiger partial charge in [-0.15, -0.1) is 0 Å². The Labute approximate surface area is 144 Å². The van der Waals surface area contributed by atoms with E-state index in [0.29, 0.717) is 0 Å². The van der Waals surface area contributed by atoms with Crippen molar-refractivity contribution < 1.29 is 4.74 Å². The standard InChI is InChI=1S/C19H26N4O/c1-14-5-6-16(11-20-14)12-23-7-8-24-19(13-23)18-10-17(22(3)4)9-15(2)21-18/h5-6,9-11,19H,7-8,12-13H2,1-4H3/t19-/m0/s1. The average Bonchev–Trinajstić information content (AvgIpc) is 2.57. The molecule has 0 unspecified atom stereocenters. The summed E-state index contributed by atoms with van der Waals surface area (Å²) in [5, 5.41) is 0. The Morgan fingerprint density at radius 2 is 2.04 bits per heavy atom. The van der Waals surface area contributed by atoms with Gasteiger partial charge in [-0.3, -0.25) is 14.9 Å². The van der Waals surface area contributed by atoms with E-state index in [-0.39, 0.29) is 6.10 Å². The fraction of sp³-hybridized carbons (Fsp3) is 0.474. The van der Waals surface area contributed by atoms with Crippen molar-refractivity contribution in [1.29, 1.82) is 0 Å². The van der Waals surface area contributed by atoms with Crippen LogP contribution < -0.4 is 4.90 Å². The average molecular weight is 326 g/mol. The summed E-state index contributed by atoms with van der Waals surface area (Å²) in [4.78, 5) is 13.6. The predicted molar refractivity (Wildman–Crippen MR) is 96.2 cm³/mol. The maximum Gasteiger partial charge on any atom is 0.112 e. The summed E-state index contributed by atoms with van der Waals surface area (Å²) in [6.07, 6.45) is 1.99. The number of nitrogens with zero attached hydrogens (tertiary/aromatic N) is 4. The van der Waals surface area contributed by atoms with Crippen LogP contribution in [0.1, 0.15) is 28.7 Å². The van der Waals surface area contributed by atoms with Gasteiger partial charge in [-0.05, 0) is 37.6 Å². The van der Waals surface area contributed by atoms with Crippen LogP contribution >= 0.6 is 0 Å². The molecule has 1 atom stereocenters.